The van der Waals surface area contributed by atoms with Gasteiger partial charge >= 0.3 is 0 Å². The van der Waals surface area contributed by atoms with Crippen molar-refractivity contribution in [2.75, 3.05) is 11.9 Å². The van der Waals surface area contributed by atoms with E-state index in [2.05, 4.69) is 34.2 Å². The maximum Gasteiger partial charge on any atom is 0.163 e. The van der Waals surface area contributed by atoms with E-state index in [4.69, 9.17) is 4.74 Å². The maximum absolute atomic E-state index is 5.82. The molecule has 2 heterocycles. The van der Waals surface area contributed by atoms with E-state index < -0.39 is 0 Å². The Morgan fingerprint density at radius 2 is 1.91 bits per heavy atom. The molecule has 0 amide bonds. The minimum atomic E-state index is 0.106. The van der Waals surface area contributed by atoms with Gasteiger partial charge in [-0.05, 0) is 32.9 Å². The third-order valence-electron chi connectivity index (χ3n) is 3.61. The van der Waals surface area contributed by atoms with Crippen LogP contribution in [0.1, 0.15) is 18.3 Å². The van der Waals surface area contributed by atoms with Crippen LogP contribution in [-0.2, 0) is 7.05 Å². The minimum Gasteiger partial charge on any atom is -0.491 e. The van der Waals surface area contributed by atoms with Crippen molar-refractivity contribution in [3.05, 3.63) is 41.9 Å². The predicted octanol–water partition coefficient (Wildman–Crippen LogP) is 2.86. The van der Waals surface area contributed by atoms with Gasteiger partial charge in [0.15, 0.2) is 5.65 Å². The molecule has 2 aromatic heterocycles. The number of aromatic nitrogens is 4. The Balaban J connectivity index is 1.70. The zero-order valence-electron chi connectivity index (χ0n) is 13.9. The summed E-state index contributed by atoms with van der Waals surface area (Å²) in [6, 6.07) is 8.15. The zero-order valence-corrected chi connectivity index (χ0v) is 13.9. The van der Waals surface area contributed by atoms with Crippen molar-refractivity contribution in [1.82, 2.24) is 19.7 Å². The highest BCUT2D eigenvalue weighted by molar-refractivity contribution is 5.86. The molecule has 3 rings (SSSR count). The van der Waals surface area contributed by atoms with Crippen LogP contribution >= 0.6 is 0 Å². The predicted molar refractivity (Wildman–Crippen MR) is 90.8 cm³/mol. The summed E-state index contributed by atoms with van der Waals surface area (Å²) >= 11 is 0. The Bertz CT molecular complexity index is 810. The highest BCUT2D eigenvalue weighted by atomic mass is 16.5. The number of nitrogens with zero attached hydrogens (tertiary/aromatic N) is 4. The summed E-state index contributed by atoms with van der Waals surface area (Å²) in [5.41, 5.74) is 2.05. The number of benzene rings is 1. The summed E-state index contributed by atoms with van der Waals surface area (Å²) in [5.74, 6) is 2.38. The first kappa shape index (κ1) is 15.3. The monoisotopic (exact) mass is 311 g/mol. The van der Waals surface area contributed by atoms with Crippen molar-refractivity contribution < 1.29 is 4.74 Å². The first-order valence-electron chi connectivity index (χ1n) is 7.65. The normalized spacial score (nSPS) is 12.3. The molecule has 0 spiro atoms. The van der Waals surface area contributed by atoms with Gasteiger partial charge in [0.2, 0.25) is 0 Å². The highest BCUT2D eigenvalue weighted by Crippen LogP contribution is 2.20. The van der Waals surface area contributed by atoms with Gasteiger partial charge in [0.25, 0.3) is 0 Å². The number of anilines is 1. The van der Waals surface area contributed by atoms with E-state index in [0.29, 0.717) is 6.61 Å². The molecule has 0 aliphatic carbocycles. The van der Waals surface area contributed by atoms with Crippen LogP contribution in [0.4, 0.5) is 5.82 Å². The standard InChI is InChI=1S/C17H21N5O/c1-11-5-7-14(8-6-11)23-10-12(2)19-16-15-9-18-22(4)17(15)21-13(3)20-16/h5-9,12H,10H2,1-4H3,(H,19,20,21). The van der Waals surface area contributed by atoms with Crippen molar-refractivity contribution in [3.63, 3.8) is 0 Å². The van der Waals surface area contributed by atoms with Gasteiger partial charge in [0, 0.05) is 7.05 Å². The molecule has 1 unspecified atom stereocenters. The summed E-state index contributed by atoms with van der Waals surface area (Å²) < 4.78 is 7.57. The second kappa shape index (κ2) is 6.24. The van der Waals surface area contributed by atoms with Crippen LogP contribution in [0.15, 0.2) is 30.5 Å². The first-order valence-corrected chi connectivity index (χ1v) is 7.65. The van der Waals surface area contributed by atoms with E-state index in [1.54, 1.807) is 10.9 Å². The zero-order chi connectivity index (χ0) is 16.4. The number of hydrogen-bond acceptors (Lipinski definition) is 5. The van der Waals surface area contributed by atoms with Crippen LogP contribution in [0.25, 0.3) is 11.0 Å². The Kier molecular flexibility index (Phi) is 4.14. The van der Waals surface area contributed by atoms with Crippen molar-refractivity contribution in [2.24, 2.45) is 7.05 Å². The average Bonchev–Trinajstić information content (AvgIpc) is 2.88. The Morgan fingerprint density at radius 1 is 1.17 bits per heavy atom. The number of hydrogen-bond donors (Lipinski definition) is 1. The smallest absolute Gasteiger partial charge is 0.163 e. The largest absolute Gasteiger partial charge is 0.491 e. The molecule has 6 heteroatoms. The molecule has 6 nitrogen and oxygen atoms in total. The lowest BCUT2D eigenvalue weighted by Crippen LogP contribution is -2.24. The molecule has 1 atom stereocenters. The van der Waals surface area contributed by atoms with Gasteiger partial charge in [0.05, 0.1) is 17.6 Å². The van der Waals surface area contributed by atoms with Crippen LogP contribution in [0.3, 0.4) is 0 Å². The van der Waals surface area contributed by atoms with Crippen molar-refractivity contribution in [2.45, 2.75) is 26.8 Å². The van der Waals surface area contributed by atoms with Gasteiger partial charge in [-0.2, -0.15) is 5.10 Å². The molecule has 0 fully saturated rings. The quantitative estimate of drug-likeness (QED) is 0.785. The van der Waals surface area contributed by atoms with Crippen LogP contribution in [0.2, 0.25) is 0 Å². The molecule has 0 saturated heterocycles. The lowest BCUT2D eigenvalue weighted by molar-refractivity contribution is 0.304. The topological polar surface area (TPSA) is 64.9 Å². The van der Waals surface area contributed by atoms with E-state index in [1.165, 1.54) is 5.56 Å². The molecule has 120 valence electrons. The molecule has 1 N–H and O–H groups in total. The maximum atomic E-state index is 5.82. The fourth-order valence-electron chi connectivity index (χ4n) is 2.37. The number of ether oxygens (including phenoxy) is 1. The first-order chi connectivity index (χ1) is 11.0. The summed E-state index contributed by atoms with van der Waals surface area (Å²) in [4.78, 5) is 8.91. The van der Waals surface area contributed by atoms with Gasteiger partial charge in [-0.25, -0.2) is 9.97 Å². The van der Waals surface area contributed by atoms with Crippen LogP contribution in [0, 0.1) is 13.8 Å². The number of aryl methyl sites for hydroxylation is 3. The lowest BCUT2D eigenvalue weighted by Gasteiger charge is -2.16. The van der Waals surface area contributed by atoms with Crippen molar-refractivity contribution >= 4 is 16.9 Å². The third-order valence-corrected chi connectivity index (χ3v) is 3.61. The fraction of sp³-hybridized carbons (Fsp3) is 0.353. The molecular formula is C17H21N5O. The van der Waals surface area contributed by atoms with Crippen LogP contribution in [-0.4, -0.2) is 32.4 Å². The molecule has 0 bridgehead atoms. The molecule has 0 aliphatic rings. The van der Waals surface area contributed by atoms with Crippen LogP contribution in [0.5, 0.6) is 5.75 Å². The van der Waals surface area contributed by atoms with Crippen molar-refractivity contribution in [3.8, 4) is 5.75 Å². The summed E-state index contributed by atoms with van der Waals surface area (Å²) in [5, 5.41) is 8.56. The Morgan fingerprint density at radius 3 is 2.65 bits per heavy atom. The van der Waals surface area contributed by atoms with Gasteiger partial charge in [-0.15, -0.1) is 0 Å². The fourth-order valence-corrected chi connectivity index (χ4v) is 2.37. The molecule has 0 radical (unpaired) electrons. The second-order valence-corrected chi connectivity index (χ2v) is 5.79. The Hall–Kier alpha value is -2.63. The van der Waals surface area contributed by atoms with Gasteiger partial charge in [0.1, 0.15) is 24.0 Å². The van der Waals surface area contributed by atoms with Crippen LogP contribution < -0.4 is 10.1 Å². The highest BCUT2D eigenvalue weighted by Gasteiger charge is 2.12. The minimum absolute atomic E-state index is 0.106. The second-order valence-electron chi connectivity index (χ2n) is 5.79. The molecule has 3 aromatic rings. The molecule has 1 aromatic carbocycles. The van der Waals surface area contributed by atoms with E-state index in [0.717, 1.165) is 28.4 Å². The summed E-state index contributed by atoms with van der Waals surface area (Å²) in [6.45, 7) is 6.55. The number of rotatable bonds is 5. The van der Waals surface area contributed by atoms with E-state index in [1.807, 2.05) is 38.2 Å². The van der Waals surface area contributed by atoms with E-state index >= 15 is 0 Å². The number of nitrogens with one attached hydrogen (secondary N) is 1. The SMILES string of the molecule is Cc1ccc(OCC(C)Nc2nc(C)nc3c2cnn3C)cc1. The van der Waals surface area contributed by atoms with E-state index in [-0.39, 0.29) is 6.04 Å². The summed E-state index contributed by atoms with van der Waals surface area (Å²) in [7, 11) is 1.88. The molecule has 0 saturated carbocycles. The molecule has 23 heavy (non-hydrogen) atoms. The van der Waals surface area contributed by atoms with Crippen molar-refractivity contribution in [1.29, 1.82) is 0 Å². The lowest BCUT2D eigenvalue weighted by atomic mass is 10.2. The van der Waals surface area contributed by atoms with Gasteiger partial charge in [-0.1, -0.05) is 17.7 Å². The average molecular weight is 311 g/mol. The Labute approximate surface area is 135 Å². The third kappa shape index (κ3) is 3.41. The molecular weight excluding hydrogens is 290 g/mol. The van der Waals surface area contributed by atoms with Gasteiger partial charge < -0.3 is 10.1 Å². The van der Waals surface area contributed by atoms with E-state index in [9.17, 15) is 0 Å². The number of fused-ring (bicyclic) bond motifs is 1. The summed E-state index contributed by atoms with van der Waals surface area (Å²) in [6.07, 6.45) is 1.78. The molecule has 0 aliphatic heterocycles. The van der Waals surface area contributed by atoms with Gasteiger partial charge in [-0.3, -0.25) is 4.68 Å².